The van der Waals surface area contributed by atoms with Crippen LogP contribution in [0.5, 0.6) is 0 Å². The Balaban J connectivity index is 2.33. The van der Waals surface area contributed by atoms with Gasteiger partial charge in [-0.05, 0) is 24.3 Å². The van der Waals surface area contributed by atoms with Crippen LogP contribution in [0.4, 0.5) is 32.0 Å². The van der Waals surface area contributed by atoms with Crippen LogP contribution in [0.2, 0.25) is 0 Å². The Bertz CT molecular complexity index is 882. The van der Waals surface area contributed by atoms with Crippen LogP contribution in [0.3, 0.4) is 0 Å². The molecule has 0 saturated heterocycles. The van der Waals surface area contributed by atoms with E-state index >= 15 is 0 Å². The first-order valence-electron chi connectivity index (χ1n) is 6.95. The van der Waals surface area contributed by atoms with Crippen LogP contribution in [0, 0.1) is 0 Å². The summed E-state index contributed by atoms with van der Waals surface area (Å²) in [6.07, 6.45) is -8.86. The zero-order valence-corrected chi connectivity index (χ0v) is 13.0. The molecule has 0 saturated carbocycles. The highest BCUT2D eigenvalue weighted by molar-refractivity contribution is 6.02. The molecule has 0 radical (unpaired) electrons. The third-order valence-electron chi connectivity index (χ3n) is 3.05. The number of aliphatic carboxylic acids is 1. The Morgan fingerprint density at radius 2 is 1.59 bits per heavy atom. The van der Waals surface area contributed by atoms with Gasteiger partial charge in [-0.15, -0.1) is 0 Å². The van der Waals surface area contributed by atoms with E-state index in [1.807, 2.05) is 0 Å². The normalized spacial score (nSPS) is 12.4. The molecule has 0 atom stereocenters. The van der Waals surface area contributed by atoms with Gasteiger partial charge in [-0.3, -0.25) is 4.79 Å². The quantitative estimate of drug-likeness (QED) is 0.615. The van der Waals surface area contributed by atoms with Gasteiger partial charge in [0.1, 0.15) is 5.69 Å². The first-order chi connectivity index (χ1) is 12.4. The molecule has 2 aromatic rings. The van der Waals surface area contributed by atoms with Gasteiger partial charge in [-0.1, -0.05) is 0 Å². The number of rotatable bonds is 4. The minimum Gasteiger partial charge on any atom is -0.478 e. The lowest BCUT2D eigenvalue weighted by atomic mass is 10.2. The van der Waals surface area contributed by atoms with Gasteiger partial charge in [0, 0.05) is 23.9 Å². The summed E-state index contributed by atoms with van der Waals surface area (Å²) in [7, 11) is 0. The Morgan fingerprint density at radius 3 is 2.07 bits per heavy atom. The molecule has 0 spiro atoms. The van der Waals surface area contributed by atoms with E-state index in [9.17, 15) is 35.9 Å². The number of carbonyl (C=O) groups is 2. The van der Waals surface area contributed by atoms with Crippen molar-refractivity contribution in [3.05, 3.63) is 53.9 Å². The number of hydrogen-bond donors (Lipinski definition) is 2. The molecule has 0 aliphatic rings. The van der Waals surface area contributed by atoms with Crippen LogP contribution < -0.4 is 5.32 Å². The summed E-state index contributed by atoms with van der Waals surface area (Å²) in [6.45, 7) is 0. The van der Waals surface area contributed by atoms with Gasteiger partial charge in [0.25, 0.3) is 0 Å². The highest BCUT2D eigenvalue weighted by Crippen LogP contribution is 2.36. The molecule has 2 rings (SSSR count). The number of carboxylic acid groups (broad SMARTS) is 1. The molecule has 0 fully saturated rings. The van der Waals surface area contributed by atoms with Crippen molar-refractivity contribution in [2.75, 3.05) is 5.32 Å². The van der Waals surface area contributed by atoms with Crippen molar-refractivity contribution < 1.29 is 41.0 Å². The summed E-state index contributed by atoms with van der Waals surface area (Å²) >= 11 is 0. The minimum absolute atomic E-state index is 0.0792. The van der Waals surface area contributed by atoms with Crippen LogP contribution in [-0.2, 0) is 21.9 Å². The summed E-state index contributed by atoms with van der Waals surface area (Å²) in [4.78, 5) is 21.7. The van der Waals surface area contributed by atoms with Crippen LogP contribution in [0.15, 0.2) is 42.5 Å². The SMILES string of the molecule is O=C(O)/C=C/C(=O)Nc1ccc(-n2nc(C(F)(F)F)cc2C(F)(F)F)cc1. The molecule has 0 aliphatic carbocycles. The standard InChI is InChI=1S/C15H9F6N3O3/c16-14(17,18)10-7-11(15(19,20)21)24(23-10)9-3-1-8(2-4-9)22-12(25)5-6-13(26)27/h1-7H,(H,22,25)(H,26,27)/b6-5+. The Labute approximate surface area is 146 Å². The molecule has 0 bridgehead atoms. The van der Waals surface area contributed by atoms with Gasteiger partial charge in [0.05, 0.1) is 5.69 Å². The fourth-order valence-electron chi connectivity index (χ4n) is 1.94. The highest BCUT2D eigenvalue weighted by atomic mass is 19.4. The predicted molar refractivity (Wildman–Crippen MR) is 79.0 cm³/mol. The zero-order valence-electron chi connectivity index (χ0n) is 13.0. The smallest absolute Gasteiger partial charge is 0.435 e. The maximum absolute atomic E-state index is 13.0. The second-order valence-electron chi connectivity index (χ2n) is 5.03. The molecule has 0 unspecified atom stereocenters. The van der Waals surface area contributed by atoms with Crippen molar-refractivity contribution in [2.45, 2.75) is 12.4 Å². The third-order valence-corrected chi connectivity index (χ3v) is 3.05. The van der Waals surface area contributed by atoms with E-state index in [1.54, 1.807) is 0 Å². The average molecular weight is 393 g/mol. The van der Waals surface area contributed by atoms with E-state index in [0.717, 1.165) is 24.3 Å². The summed E-state index contributed by atoms with van der Waals surface area (Å²) in [5.41, 5.74) is -3.56. The zero-order chi connectivity index (χ0) is 20.4. The van der Waals surface area contributed by atoms with Crippen LogP contribution in [0.1, 0.15) is 11.4 Å². The predicted octanol–water partition coefficient (Wildman–Crippen LogP) is 3.49. The number of anilines is 1. The highest BCUT2D eigenvalue weighted by Gasteiger charge is 2.42. The number of aromatic nitrogens is 2. The van der Waals surface area contributed by atoms with Gasteiger partial charge >= 0.3 is 18.3 Å². The number of benzene rings is 1. The number of carboxylic acids is 1. The van der Waals surface area contributed by atoms with Crippen molar-refractivity contribution in [2.24, 2.45) is 0 Å². The van der Waals surface area contributed by atoms with Gasteiger partial charge in [0.15, 0.2) is 5.69 Å². The van der Waals surface area contributed by atoms with E-state index in [-0.39, 0.29) is 22.1 Å². The topological polar surface area (TPSA) is 84.2 Å². The molecule has 1 amide bonds. The van der Waals surface area contributed by atoms with Crippen LogP contribution >= 0.6 is 0 Å². The molecule has 1 aromatic carbocycles. The van der Waals surface area contributed by atoms with Gasteiger partial charge in [0.2, 0.25) is 5.91 Å². The summed E-state index contributed by atoms with van der Waals surface area (Å²) < 4.78 is 77.1. The number of carbonyl (C=O) groups excluding carboxylic acids is 1. The molecule has 1 heterocycles. The summed E-state index contributed by atoms with van der Waals surface area (Å²) in [6, 6.07) is 4.16. The Kier molecular flexibility index (Phi) is 5.28. The molecular formula is C15H9F6N3O3. The van der Waals surface area contributed by atoms with Crippen molar-refractivity contribution in [1.29, 1.82) is 0 Å². The van der Waals surface area contributed by atoms with Crippen molar-refractivity contribution >= 4 is 17.6 Å². The third kappa shape index (κ3) is 5.09. The first kappa shape index (κ1) is 20.0. The van der Waals surface area contributed by atoms with E-state index in [2.05, 4.69) is 10.4 Å². The van der Waals surface area contributed by atoms with Crippen molar-refractivity contribution in [3.63, 3.8) is 0 Å². The number of nitrogens with zero attached hydrogens (tertiary/aromatic N) is 2. The molecule has 27 heavy (non-hydrogen) atoms. The number of halogens is 6. The maximum atomic E-state index is 13.0. The van der Waals surface area contributed by atoms with Gasteiger partial charge < -0.3 is 10.4 Å². The molecule has 144 valence electrons. The molecule has 1 aromatic heterocycles. The van der Waals surface area contributed by atoms with Crippen molar-refractivity contribution in [3.8, 4) is 5.69 Å². The fraction of sp³-hybridized carbons (Fsp3) is 0.133. The number of alkyl halides is 6. The monoisotopic (exact) mass is 393 g/mol. The molecule has 0 aliphatic heterocycles. The Hall–Kier alpha value is -3.31. The number of nitrogens with one attached hydrogen (secondary N) is 1. The summed E-state index contributed by atoms with van der Waals surface area (Å²) in [5, 5.41) is 13.6. The van der Waals surface area contributed by atoms with E-state index in [0.29, 0.717) is 12.2 Å². The lowest BCUT2D eigenvalue weighted by Gasteiger charge is -2.11. The largest absolute Gasteiger partial charge is 0.478 e. The number of hydrogen-bond acceptors (Lipinski definition) is 3. The van der Waals surface area contributed by atoms with Crippen molar-refractivity contribution in [1.82, 2.24) is 9.78 Å². The molecule has 2 N–H and O–H groups in total. The average Bonchev–Trinajstić information content (AvgIpc) is 2.99. The van der Waals surface area contributed by atoms with Gasteiger partial charge in [-0.2, -0.15) is 31.4 Å². The molecule has 12 heteroatoms. The summed E-state index contributed by atoms with van der Waals surface area (Å²) in [5.74, 6) is -2.18. The molecular weight excluding hydrogens is 384 g/mol. The van der Waals surface area contributed by atoms with Gasteiger partial charge in [-0.25, -0.2) is 9.48 Å². The van der Waals surface area contributed by atoms with E-state index in [4.69, 9.17) is 5.11 Å². The van der Waals surface area contributed by atoms with E-state index in [1.165, 1.54) is 0 Å². The Morgan fingerprint density at radius 1 is 1.00 bits per heavy atom. The van der Waals surface area contributed by atoms with Crippen LogP contribution in [-0.4, -0.2) is 26.8 Å². The minimum atomic E-state index is -5.08. The fourth-order valence-corrected chi connectivity index (χ4v) is 1.94. The second kappa shape index (κ2) is 7.13. The van der Waals surface area contributed by atoms with E-state index < -0.39 is 35.6 Å². The molecule has 6 nitrogen and oxygen atoms in total. The lowest BCUT2D eigenvalue weighted by molar-refractivity contribution is -0.143. The van der Waals surface area contributed by atoms with Crippen LogP contribution in [0.25, 0.3) is 5.69 Å². The lowest BCUT2D eigenvalue weighted by Crippen LogP contribution is -2.13. The first-order valence-corrected chi connectivity index (χ1v) is 6.95. The second-order valence-corrected chi connectivity index (χ2v) is 5.03. The number of amides is 1. The maximum Gasteiger partial charge on any atom is 0.435 e.